The molecule has 247 valence electrons. The number of furan rings is 1. The molecule has 1 radical (unpaired) electrons. The fourth-order valence-electron chi connectivity index (χ4n) is 6.30. The van der Waals surface area contributed by atoms with Crippen molar-refractivity contribution in [2.45, 2.75) is 53.3 Å². The SMILES string of the molecule is Cc1cncc2nc(-c3[c-]ccc4c3oc3ccccc34)n(-c3c(C(C)C)cccc3C(C)C)c12.[2H]C([2H])([2H])c1ccc(-c2[c-]cccc2)nc1.[Ir]. The minimum atomic E-state index is -2.09. The van der Waals surface area contributed by atoms with Gasteiger partial charge in [0.15, 0.2) is 0 Å². The zero-order chi connectivity index (χ0) is 35.9. The number of nitrogens with zero attached hydrogens (tertiary/aromatic N) is 4. The van der Waals surface area contributed by atoms with Crippen LogP contribution < -0.4 is 0 Å². The average molecular weight is 822 g/mol. The molecule has 4 heterocycles. The smallest absolute Gasteiger partial charge is 0.120 e. The number of para-hydroxylation sites is 2. The summed E-state index contributed by atoms with van der Waals surface area (Å²) < 4.78 is 30.4. The Hall–Kier alpha value is -4.90. The van der Waals surface area contributed by atoms with Crippen molar-refractivity contribution in [3.05, 3.63) is 144 Å². The number of imidazole rings is 1. The largest absolute Gasteiger partial charge is 0.501 e. The first kappa shape index (κ1) is 30.2. The van der Waals surface area contributed by atoms with Crippen molar-refractivity contribution in [3.63, 3.8) is 0 Å². The Morgan fingerprint density at radius 3 is 2.24 bits per heavy atom. The molecular formula is C43H38IrN4O-2. The van der Waals surface area contributed by atoms with Gasteiger partial charge in [0, 0.05) is 47.7 Å². The molecule has 0 saturated carbocycles. The number of hydrogen-bond acceptors (Lipinski definition) is 4. The van der Waals surface area contributed by atoms with Crippen LogP contribution in [0.2, 0.25) is 0 Å². The molecule has 0 aliphatic heterocycles. The molecule has 4 aromatic carbocycles. The van der Waals surface area contributed by atoms with Gasteiger partial charge in [-0.1, -0.05) is 87.2 Å². The molecule has 0 atom stereocenters. The van der Waals surface area contributed by atoms with Gasteiger partial charge in [0.2, 0.25) is 0 Å². The number of benzene rings is 4. The first-order valence-corrected chi connectivity index (χ1v) is 16.2. The van der Waals surface area contributed by atoms with Crippen LogP contribution in [0, 0.1) is 25.9 Å². The number of fused-ring (bicyclic) bond motifs is 4. The molecule has 0 fully saturated rings. The summed E-state index contributed by atoms with van der Waals surface area (Å²) in [6.07, 6.45) is 5.17. The van der Waals surface area contributed by atoms with Crippen molar-refractivity contribution < 1.29 is 28.6 Å². The van der Waals surface area contributed by atoms with E-state index in [2.05, 4.69) is 91.6 Å². The molecule has 0 spiro atoms. The van der Waals surface area contributed by atoms with Crippen molar-refractivity contribution in [2.75, 3.05) is 0 Å². The van der Waals surface area contributed by atoms with Crippen LogP contribution >= 0.6 is 0 Å². The van der Waals surface area contributed by atoms with Crippen LogP contribution in [-0.4, -0.2) is 19.5 Å². The van der Waals surface area contributed by atoms with Crippen molar-refractivity contribution in [3.8, 4) is 28.3 Å². The minimum absolute atomic E-state index is 0. The Balaban J connectivity index is 0.000000230. The van der Waals surface area contributed by atoms with Crippen molar-refractivity contribution in [1.29, 1.82) is 0 Å². The molecular weight excluding hydrogens is 781 g/mol. The summed E-state index contributed by atoms with van der Waals surface area (Å²) in [6, 6.07) is 36.1. The van der Waals surface area contributed by atoms with Crippen molar-refractivity contribution >= 4 is 33.0 Å². The topological polar surface area (TPSA) is 56.7 Å². The third kappa shape index (κ3) is 6.47. The van der Waals surface area contributed by atoms with Crippen LogP contribution in [0.4, 0.5) is 0 Å². The molecule has 8 rings (SSSR count). The fraction of sp³-hybridized carbons (Fsp3) is 0.186. The van der Waals surface area contributed by atoms with E-state index in [1.165, 1.54) is 23.0 Å². The van der Waals surface area contributed by atoms with Gasteiger partial charge in [-0.2, -0.15) is 0 Å². The molecule has 4 aromatic heterocycles. The van der Waals surface area contributed by atoms with Crippen LogP contribution in [0.15, 0.2) is 114 Å². The monoisotopic (exact) mass is 822 g/mol. The normalized spacial score (nSPS) is 12.4. The summed E-state index contributed by atoms with van der Waals surface area (Å²) >= 11 is 0. The summed E-state index contributed by atoms with van der Waals surface area (Å²) in [5, 5.41) is 2.17. The van der Waals surface area contributed by atoms with Crippen LogP contribution in [0.1, 0.15) is 65.9 Å². The third-order valence-electron chi connectivity index (χ3n) is 8.62. The van der Waals surface area contributed by atoms with Gasteiger partial charge in [0.05, 0.1) is 28.6 Å². The van der Waals surface area contributed by atoms with Gasteiger partial charge in [-0.25, -0.2) is 0 Å². The fourth-order valence-corrected chi connectivity index (χ4v) is 6.30. The Morgan fingerprint density at radius 2 is 1.55 bits per heavy atom. The first-order chi connectivity index (χ1) is 24.5. The maximum absolute atomic E-state index is 7.23. The molecule has 0 aliphatic carbocycles. The van der Waals surface area contributed by atoms with E-state index in [1.54, 1.807) is 18.2 Å². The molecule has 0 unspecified atom stereocenters. The van der Waals surface area contributed by atoms with Crippen LogP contribution in [-0.2, 0) is 20.1 Å². The average Bonchev–Trinajstić information content (AvgIpc) is 3.71. The third-order valence-corrected chi connectivity index (χ3v) is 8.62. The van der Waals surface area contributed by atoms with Gasteiger partial charge < -0.3 is 14.0 Å². The summed E-state index contributed by atoms with van der Waals surface area (Å²) in [5.74, 6) is 1.53. The van der Waals surface area contributed by atoms with Crippen LogP contribution in [0.5, 0.6) is 0 Å². The van der Waals surface area contributed by atoms with Gasteiger partial charge >= 0.3 is 0 Å². The molecule has 49 heavy (non-hydrogen) atoms. The quantitative estimate of drug-likeness (QED) is 0.162. The molecule has 6 heteroatoms. The zero-order valence-corrected chi connectivity index (χ0v) is 30.5. The second-order valence-electron chi connectivity index (χ2n) is 12.6. The summed E-state index contributed by atoms with van der Waals surface area (Å²) in [7, 11) is 0. The zero-order valence-electron chi connectivity index (χ0n) is 31.1. The molecule has 0 amide bonds. The van der Waals surface area contributed by atoms with E-state index in [9.17, 15) is 0 Å². The molecule has 0 aliphatic rings. The van der Waals surface area contributed by atoms with E-state index in [1.807, 2.05) is 54.9 Å². The number of aromatic nitrogens is 4. The summed E-state index contributed by atoms with van der Waals surface area (Å²) in [6.45, 7) is 9.02. The van der Waals surface area contributed by atoms with E-state index in [0.717, 1.165) is 61.2 Å². The maximum Gasteiger partial charge on any atom is 0.120 e. The molecule has 5 nitrogen and oxygen atoms in total. The van der Waals surface area contributed by atoms with E-state index in [-0.39, 0.29) is 25.7 Å². The Labute approximate surface area is 305 Å². The second-order valence-corrected chi connectivity index (χ2v) is 12.6. The molecule has 8 aromatic rings. The van der Waals surface area contributed by atoms with Crippen LogP contribution in [0.3, 0.4) is 0 Å². The second kappa shape index (κ2) is 14.3. The number of rotatable bonds is 5. The standard InChI is InChI=1S/C31H28N3O.C12H10N.Ir/c1-18(2)21-11-8-12-22(19(3)4)29(21)34-28-20(5)16-32-17-26(28)33-31(34)25-14-9-13-24-23-10-6-7-15-27(23)35-30(24)25;1-10-7-8-12(13-9-10)11-5-3-2-4-6-11;/h6-13,15-19H,1-5H3;2-5,7-9H,1H3;/q2*-1;/i;1D3;. The Bertz CT molecular complexity index is 2460. The maximum atomic E-state index is 7.23. The van der Waals surface area contributed by atoms with Gasteiger partial charge in [-0.15, -0.1) is 54.1 Å². The summed E-state index contributed by atoms with van der Waals surface area (Å²) in [5.41, 5.74) is 11.2. The van der Waals surface area contributed by atoms with E-state index in [0.29, 0.717) is 11.8 Å². The number of pyridine rings is 2. The molecule has 0 saturated heterocycles. The van der Waals surface area contributed by atoms with Gasteiger partial charge in [0.1, 0.15) is 5.58 Å². The van der Waals surface area contributed by atoms with E-state index < -0.39 is 6.85 Å². The van der Waals surface area contributed by atoms with Gasteiger partial charge in [0.25, 0.3) is 0 Å². The number of hydrogen-bond donors (Lipinski definition) is 0. The van der Waals surface area contributed by atoms with E-state index in [4.69, 9.17) is 13.5 Å². The first-order valence-electron chi connectivity index (χ1n) is 17.7. The van der Waals surface area contributed by atoms with Crippen molar-refractivity contribution in [2.24, 2.45) is 0 Å². The number of aryl methyl sites for hydroxylation is 2. The minimum Gasteiger partial charge on any atom is -0.501 e. The molecule has 0 bridgehead atoms. The summed E-state index contributed by atoms with van der Waals surface area (Å²) in [4.78, 5) is 13.7. The van der Waals surface area contributed by atoms with Crippen LogP contribution in [0.25, 0.3) is 61.3 Å². The van der Waals surface area contributed by atoms with E-state index >= 15 is 0 Å². The Kier molecular flexibility index (Phi) is 8.80. The van der Waals surface area contributed by atoms with Gasteiger partial charge in [-0.05, 0) is 59.6 Å². The predicted molar refractivity (Wildman–Crippen MR) is 197 cm³/mol. The van der Waals surface area contributed by atoms with Gasteiger partial charge in [-0.3, -0.25) is 9.97 Å². The molecule has 0 N–H and O–H groups in total. The predicted octanol–water partition coefficient (Wildman–Crippen LogP) is 11.2. The van der Waals surface area contributed by atoms with Crippen molar-refractivity contribution in [1.82, 2.24) is 19.5 Å². The Morgan fingerprint density at radius 1 is 0.776 bits per heavy atom.